The molecule has 4 nitrogen and oxygen atoms in total. The van der Waals surface area contributed by atoms with E-state index >= 15 is 0 Å². The van der Waals surface area contributed by atoms with Crippen LogP contribution in [0.5, 0.6) is 0 Å². The Morgan fingerprint density at radius 1 is 1.53 bits per heavy atom. The Labute approximate surface area is 104 Å². The van der Waals surface area contributed by atoms with Crippen LogP contribution in [0.4, 0.5) is 0 Å². The van der Waals surface area contributed by atoms with Gasteiger partial charge in [-0.2, -0.15) is 0 Å². The van der Waals surface area contributed by atoms with Crippen molar-refractivity contribution in [3.63, 3.8) is 0 Å². The fraction of sp³-hybridized carbons (Fsp3) is 0.923. The minimum absolute atomic E-state index is 0.0287. The molecule has 0 heterocycles. The molecule has 1 aliphatic carbocycles. The minimum atomic E-state index is -0.532. The normalized spacial score (nSPS) is 30.1. The van der Waals surface area contributed by atoms with Gasteiger partial charge in [0.25, 0.3) is 0 Å². The number of hydrogen-bond acceptors (Lipinski definition) is 3. The number of amides is 1. The van der Waals surface area contributed by atoms with Crippen LogP contribution < -0.4 is 11.1 Å². The molecule has 0 aliphatic heterocycles. The van der Waals surface area contributed by atoms with Crippen molar-refractivity contribution in [1.29, 1.82) is 0 Å². The van der Waals surface area contributed by atoms with Crippen molar-refractivity contribution in [1.82, 2.24) is 5.32 Å². The summed E-state index contributed by atoms with van der Waals surface area (Å²) in [5.41, 5.74) is 4.85. The summed E-state index contributed by atoms with van der Waals surface area (Å²) in [5, 5.41) is 13.0. The molecule has 17 heavy (non-hydrogen) atoms. The zero-order valence-corrected chi connectivity index (χ0v) is 11.3. The number of hydrogen-bond donors (Lipinski definition) is 3. The predicted molar refractivity (Wildman–Crippen MR) is 68.4 cm³/mol. The third-order valence-electron chi connectivity index (χ3n) is 4.06. The highest BCUT2D eigenvalue weighted by Crippen LogP contribution is 2.35. The van der Waals surface area contributed by atoms with E-state index in [9.17, 15) is 9.90 Å². The first kappa shape index (κ1) is 14.5. The van der Waals surface area contributed by atoms with Gasteiger partial charge in [0.1, 0.15) is 0 Å². The van der Waals surface area contributed by atoms with E-state index < -0.39 is 5.41 Å². The molecule has 0 aromatic heterocycles. The van der Waals surface area contributed by atoms with E-state index in [0.29, 0.717) is 13.1 Å². The average Bonchev–Trinajstić information content (AvgIpc) is 2.30. The summed E-state index contributed by atoms with van der Waals surface area (Å²) >= 11 is 0. The quantitative estimate of drug-likeness (QED) is 0.689. The Balaban J connectivity index is 2.52. The summed E-state index contributed by atoms with van der Waals surface area (Å²) in [4.78, 5) is 11.9. The minimum Gasteiger partial charge on any atom is -0.392 e. The van der Waals surface area contributed by atoms with Gasteiger partial charge >= 0.3 is 0 Å². The molecule has 100 valence electrons. The molecule has 0 aromatic rings. The molecule has 0 bridgehead atoms. The molecule has 0 aromatic carbocycles. The van der Waals surface area contributed by atoms with Gasteiger partial charge in [-0.15, -0.1) is 0 Å². The molecule has 1 fully saturated rings. The molecule has 0 radical (unpaired) electrons. The second kappa shape index (κ2) is 5.36. The highest BCUT2D eigenvalue weighted by molar-refractivity contribution is 5.82. The van der Waals surface area contributed by atoms with Crippen molar-refractivity contribution in [2.24, 2.45) is 16.6 Å². The molecule has 0 spiro atoms. The van der Waals surface area contributed by atoms with Crippen LogP contribution in [0, 0.1) is 10.8 Å². The average molecular weight is 242 g/mol. The van der Waals surface area contributed by atoms with Crippen LogP contribution in [0.25, 0.3) is 0 Å². The molecule has 1 amide bonds. The van der Waals surface area contributed by atoms with Crippen LogP contribution in [0.2, 0.25) is 0 Å². The van der Waals surface area contributed by atoms with Gasteiger partial charge in [-0.1, -0.05) is 19.8 Å². The van der Waals surface area contributed by atoms with E-state index in [1.807, 2.05) is 20.8 Å². The van der Waals surface area contributed by atoms with Crippen molar-refractivity contribution >= 4 is 5.91 Å². The molecule has 4 N–H and O–H groups in total. The third-order valence-corrected chi connectivity index (χ3v) is 4.06. The van der Waals surface area contributed by atoms with Crippen LogP contribution in [0.1, 0.15) is 46.5 Å². The molecule has 4 heteroatoms. The lowest BCUT2D eigenvalue weighted by Gasteiger charge is -2.39. The van der Waals surface area contributed by atoms with Crippen LogP contribution >= 0.6 is 0 Å². The van der Waals surface area contributed by atoms with Crippen molar-refractivity contribution in [2.75, 3.05) is 13.1 Å². The number of rotatable bonds is 4. The largest absolute Gasteiger partial charge is 0.392 e. The van der Waals surface area contributed by atoms with Crippen molar-refractivity contribution in [3.05, 3.63) is 0 Å². The van der Waals surface area contributed by atoms with E-state index in [4.69, 9.17) is 5.73 Å². The Bertz CT molecular complexity index is 279. The Kier molecular flexibility index (Phi) is 4.55. The second-order valence-electron chi connectivity index (χ2n) is 6.19. The maximum Gasteiger partial charge on any atom is 0.226 e. The third kappa shape index (κ3) is 3.42. The SMILES string of the molecule is CC(C)(CN)C(=O)NCC1(C)CCCCC1O. The van der Waals surface area contributed by atoms with Crippen molar-refractivity contribution < 1.29 is 9.90 Å². The van der Waals surface area contributed by atoms with Crippen LogP contribution in [-0.2, 0) is 4.79 Å². The van der Waals surface area contributed by atoms with Gasteiger partial charge in [-0.25, -0.2) is 0 Å². The number of carbonyl (C=O) groups is 1. The molecule has 0 saturated heterocycles. The summed E-state index contributed by atoms with van der Waals surface area (Å²) in [7, 11) is 0. The molecular weight excluding hydrogens is 216 g/mol. The second-order valence-corrected chi connectivity index (χ2v) is 6.19. The van der Waals surface area contributed by atoms with E-state index in [1.54, 1.807) is 0 Å². The van der Waals surface area contributed by atoms with Gasteiger partial charge in [-0.3, -0.25) is 4.79 Å². The van der Waals surface area contributed by atoms with Gasteiger partial charge in [-0.05, 0) is 26.7 Å². The van der Waals surface area contributed by atoms with Gasteiger partial charge in [0.2, 0.25) is 5.91 Å². The van der Waals surface area contributed by atoms with Gasteiger partial charge < -0.3 is 16.2 Å². The maximum atomic E-state index is 11.9. The first-order valence-corrected chi connectivity index (χ1v) is 6.48. The van der Waals surface area contributed by atoms with E-state index in [-0.39, 0.29) is 17.4 Å². The standard InChI is InChI=1S/C13H26N2O2/c1-12(2,8-14)11(17)15-9-13(3)7-5-4-6-10(13)16/h10,16H,4-9,14H2,1-3H3,(H,15,17). The fourth-order valence-electron chi connectivity index (χ4n) is 2.20. The summed E-state index contributed by atoms with van der Waals surface area (Å²) in [6.45, 7) is 6.59. The molecule has 2 unspecified atom stereocenters. The number of aliphatic hydroxyl groups is 1. The highest BCUT2D eigenvalue weighted by atomic mass is 16.3. The molecule has 1 aliphatic rings. The lowest BCUT2D eigenvalue weighted by Crippen LogP contribution is -2.49. The molecular formula is C13H26N2O2. The Morgan fingerprint density at radius 2 is 2.18 bits per heavy atom. The van der Waals surface area contributed by atoms with Crippen molar-refractivity contribution in [3.8, 4) is 0 Å². The first-order valence-electron chi connectivity index (χ1n) is 6.48. The van der Waals surface area contributed by atoms with E-state index in [1.165, 1.54) is 0 Å². The Hall–Kier alpha value is -0.610. The summed E-state index contributed by atoms with van der Waals surface area (Å²) in [5.74, 6) is -0.0287. The van der Waals surface area contributed by atoms with Crippen LogP contribution in [-0.4, -0.2) is 30.2 Å². The van der Waals surface area contributed by atoms with Crippen molar-refractivity contribution in [2.45, 2.75) is 52.6 Å². The summed E-state index contributed by atoms with van der Waals surface area (Å²) < 4.78 is 0. The van der Waals surface area contributed by atoms with Crippen LogP contribution in [0.15, 0.2) is 0 Å². The van der Waals surface area contributed by atoms with Gasteiger partial charge in [0.05, 0.1) is 11.5 Å². The number of nitrogens with two attached hydrogens (primary N) is 1. The summed E-state index contributed by atoms with van der Waals surface area (Å²) in [6.07, 6.45) is 3.71. The number of aliphatic hydroxyl groups excluding tert-OH is 1. The highest BCUT2D eigenvalue weighted by Gasteiger charge is 2.36. The molecule has 1 rings (SSSR count). The zero-order chi connectivity index (χ0) is 13.1. The zero-order valence-electron chi connectivity index (χ0n) is 11.3. The maximum absolute atomic E-state index is 11.9. The number of carbonyl (C=O) groups excluding carboxylic acids is 1. The lowest BCUT2D eigenvalue weighted by atomic mass is 9.73. The number of nitrogens with one attached hydrogen (secondary N) is 1. The molecule has 2 atom stereocenters. The van der Waals surface area contributed by atoms with E-state index in [2.05, 4.69) is 5.32 Å². The molecule has 1 saturated carbocycles. The summed E-state index contributed by atoms with van der Waals surface area (Å²) in [6, 6.07) is 0. The van der Waals surface area contributed by atoms with Gasteiger partial charge in [0, 0.05) is 18.5 Å². The topological polar surface area (TPSA) is 75.4 Å². The Morgan fingerprint density at radius 3 is 2.71 bits per heavy atom. The lowest BCUT2D eigenvalue weighted by molar-refractivity contribution is -0.130. The van der Waals surface area contributed by atoms with E-state index in [0.717, 1.165) is 25.7 Å². The smallest absolute Gasteiger partial charge is 0.226 e. The fourth-order valence-corrected chi connectivity index (χ4v) is 2.20. The first-order chi connectivity index (χ1) is 7.82. The van der Waals surface area contributed by atoms with Gasteiger partial charge in [0.15, 0.2) is 0 Å². The van der Waals surface area contributed by atoms with Crippen LogP contribution in [0.3, 0.4) is 0 Å². The monoisotopic (exact) mass is 242 g/mol. The predicted octanol–water partition coefficient (Wildman–Crippen LogP) is 1.03.